The molecule has 8 nitrogen and oxygen atoms in total. The van der Waals surface area contributed by atoms with E-state index in [1.54, 1.807) is 0 Å². The van der Waals surface area contributed by atoms with E-state index < -0.39 is 11.2 Å². The van der Waals surface area contributed by atoms with Crippen molar-refractivity contribution in [2.45, 2.75) is 76.4 Å². The van der Waals surface area contributed by atoms with E-state index in [2.05, 4.69) is 71.5 Å². The number of carbonyl (C=O) groups excluding carboxylic acids is 1. The fourth-order valence-corrected chi connectivity index (χ4v) is 8.28. The summed E-state index contributed by atoms with van der Waals surface area (Å²) in [6.07, 6.45) is 10.7. The number of rotatable bonds is 16. The van der Waals surface area contributed by atoms with E-state index in [9.17, 15) is 9.35 Å². The van der Waals surface area contributed by atoms with Gasteiger partial charge in [0.05, 0.1) is 6.61 Å². The normalized spacial score (nSPS) is 16.4. The zero-order valence-electron chi connectivity index (χ0n) is 32.1. The number of aromatic nitrogens is 1. The van der Waals surface area contributed by atoms with Crippen molar-refractivity contribution in [1.82, 2.24) is 4.98 Å². The molecule has 1 aromatic heterocycles. The van der Waals surface area contributed by atoms with Gasteiger partial charge in [-0.15, -0.1) is 0 Å². The lowest BCUT2D eigenvalue weighted by Crippen LogP contribution is -2.34. The van der Waals surface area contributed by atoms with Crippen molar-refractivity contribution in [3.63, 3.8) is 0 Å². The van der Waals surface area contributed by atoms with Gasteiger partial charge < -0.3 is 29.0 Å². The lowest BCUT2D eigenvalue weighted by molar-refractivity contribution is -0.112. The molecule has 54 heavy (non-hydrogen) atoms. The van der Waals surface area contributed by atoms with Gasteiger partial charge in [0.2, 0.25) is 0 Å². The lowest BCUT2D eigenvalue weighted by Gasteiger charge is -2.33. The zero-order chi connectivity index (χ0) is 37.7. The van der Waals surface area contributed by atoms with Gasteiger partial charge in [0, 0.05) is 67.3 Å². The number of ether oxygens (including phenoxy) is 3. The van der Waals surface area contributed by atoms with E-state index in [0.717, 1.165) is 121 Å². The van der Waals surface area contributed by atoms with Crippen LogP contribution >= 0.6 is 0 Å². The molecule has 9 heteroatoms. The molecule has 3 aromatic carbocycles. The first-order chi connectivity index (χ1) is 26.4. The summed E-state index contributed by atoms with van der Waals surface area (Å²) in [7, 11) is 0. The zero-order valence-corrected chi connectivity index (χ0v) is 32.9. The summed E-state index contributed by atoms with van der Waals surface area (Å²) in [6.45, 7) is 11.6. The Hall–Kier alpha value is -4.15. The van der Waals surface area contributed by atoms with Gasteiger partial charge in [0.15, 0.2) is 4.90 Å². The Kier molecular flexibility index (Phi) is 14.6. The largest absolute Gasteiger partial charge is 0.611 e. The van der Waals surface area contributed by atoms with Crippen LogP contribution in [0.3, 0.4) is 0 Å². The third-order valence-corrected chi connectivity index (χ3v) is 11.6. The molecule has 2 aliphatic heterocycles. The van der Waals surface area contributed by atoms with Crippen LogP contribution in [0.15, 0.2) is 89.5 Å². The average molecular weight is 750 g/mol. The van der Waals surface area contributed by atoms with Crippen LogP contribution < -0.4 is 15.0 Å². The van der Waals surface area contributed by atoms with E-state index in [1.807, 2.05) is 49.5 Å². The fraction of sp³-hybridized carbons (Fsp3) is 0.422. The molecule has 1 amide bonds. The lowest BCUT2D eigenvalue weighted by atomic mass is 9.94. The molecule has 1 saturated heterocycles. The highest BCUT2D eigenvalue weighted by Gasteiger charge is 2.23. The molecular weight excluding hydrogens is 695 g/mol. The highest BCUT2D eigenvalue weighted by Crippen LogP contribution is 2.34. The smallest absolute Gasteiger partial charge is 0.251 e. The first-order valence-electron chi connectivity index (χ1n) is 19.6. The van der Waals surface area contributed by atoms with E-state index in [4.69, 9.17) is 14.2 Å². The van der Waals surface area contributed by atoms with Crippen LogP contribution in [0, 0.1) is 12.8 Å². The molecule has 0 spiro atoms. The minimum Gasteiger partial charge on any atom is -0.611 e. The first-order valence-corrected chi connectivity index (χ1v) is 20.9. The molecule has 286 valence electrons. The number of pyridine rings is 1. The van der Waals surface area contributed by atoms with E-state index >= 15 is 0 Å². The van der Waals surface area contributed by atoms with Crippen molar-refractivity contribution >= 4 is 34.5 Å². The van der Waals surface area contributed by atoms with Gasteiger partial charge in [0.1, 0.15) is 18.1 Å². The molecule has 1 N–H and O–H groups in total. The third-order valence-electron chi connectivity index (χ3n) is 10.3. The number of fused-ring (bicyclic) bond motifs is 1. The molecule has 2 aliphatic rings. The van der Waals surface area contributed by atoms with Crippen LogP contribution in [-0.2, 0) is 37.6 Å². The molecule has 0 unspecified atom stereocenters. The van der Waals surface area contributed by atoms with Crippen LogP contribution in [0.5, 0.6) is 5.75 Å². The molecule has 0 bridgehead atoms. The Morgan fingerprint density at radius 2 is 1.74 bits per heavy atom. The Morgan fingerprint density at radius 1 is 0.963 bits per heavy atom. The number of nitrogens with one attached hydrogen (secondary N) is 1. The van der Waals surface area contributed by atoms with Crippen molar-refractivity contribution in [2.75, 3.05) is 56.3 Å². The number of anilines is 2. The first kappa shape index (κ1) is 39.5. The maximum absolute atomic E-state index is 13.9. The second-order valence-electron chi connectivity index (χ2n) is 14.3. The number of nitrogens with zero attached hydrogens (tertiary/aromatic N) is 2. The minimum absolute atomic E-state index is 0.114. The topological polar surface area (TPSA) is 96.0 Å². The van der Waals surface area contributed by atoms with Gasteiger partial charge in [-0.3, -0.25) is 9.78 Å². The van der Waals surface area contributed by atoms with E-state index in [1.165, 1.54) is 5.56 Å². The molecule has 1 atom stereocenters. The number of hydrogen-bond donors (Lipinski definition) is 1. The molecule has 0 radical (unpaired) electrons. The van der Waals surface area contributed by atoms with Gasteiger partial charge in [-0.2, -0.15) is 0 Å². The molecule has 0 aliphatic carbocycles. The van der Waals surface area contributed by atoms with Crippen molar-refractivity contribution < 1.29 is 23.6 Å². The Labute approximate surface area is 324 Å². The van der Waals surface area contributed by atoms with Gasteiger partial charge in [-0.1, -0.05) is 38.5 Å². The van der Waals surface area contributed by atoms with Gasteiger partial charge in [-0.05, 0) is 145 Å². The number of aryl methyl sites for hydroxylation is 2. The number of unbranched alkanes of at least 4 members (excludes halogenated alkanes) is 1. The number of amides is 1. The predicted octanol–water partition coefficient (Wildman–Crippen LogP) is 9.17. The Morgan fingerprint density at radius 3 is 2.50 bits per heavy atom. The molecule has 6 rings (SSSR count). The number of carbonyl (C=O) groups is 1. The second-order valence-corrected chi connectivity index (χ2v) is 15.8. The maximum Gasteiger partial charge on any atom is 0.251 e. The maximum atomic E-state index is 13.9. The van der Waals surface area contributed by atoms with Gasteiger partial charge in [-0.25, -0.2) is 0 Å². The summed E-state index contributed by atoms with van der Waals surface area (Å²) >= 11 is -1.22. The van der Waals surface area contributed by atoms with E-state index in [0.29, 0.717) is 37.0 Å². The van der Waals surface area contributed by atoms with Crippen LogP contribution in [0.1, 0.15) is 74.8 Å². The number of hydrogen-bond acceptors (Lipinski definition) is 7. The summed E-state index contributed by atoms with van der Waals surface area (Å²) in [5.41, 5.74) is 8.94. The quantitative estimate of drug-likeness (QED) is 0.0902. The van der Waals surface area contributed by atoms with Crippen molar-refractivity contribution in [3.8, 4) is 16.9 Å². The van der Waals surface area contributed by atoms with Crippen LogP contribution in [0.25, 0.3) is 17.2 Å². The monoisotopic (exact) mass is 749 g/mol. The SMILES string of the molecule is CCCCOCCOc1ccc(-c2ccc3c(c2)/C=C(/C(=O)Nc2ccc([S@@+]([O-])Cc4cnc(C)cc4CC)cc2)CCCN3CC2CCOCC2)cc1. The summed E-state index contributed by atoms with van der Waals surface area (Å²) in [5, 5.41) is 3.12. The standard InChI is InChI=1S/C45H55N3O5S/c1-4-6-22-51-25-26-53-42-14-9-36(10-15-42)37-11-18-44-39(28-37)29-38(8-7-21-48(44)31-34-19-23-52-24-20-34)45(49)47-41-12-16-43(17-13-41)54(50)32-40-30-46-33(3)27-35(40)5-2/h9-18,27-30,34H,4-8,19-26,31-32H2,1-3H3,(H,47,49)/b38-29+/t54-/m0/s1. The summed E-state index contributed by atoms with van der Waals surface area (Å²) in [4.78, 5) is 21.5. The van der Waals surface area contributed by atoms with Crippen LogP contribution in [0.2, 0.25) is 0 Å². The Balaban J connectivity index is 1.18. The molecule has 4 aromatic rings. The highest BCUT2D eigenvalue weighted by molar-refractivity contribution is 7.90. The molecule has 3 heterocycles. The van der Waals surface area contributed by atoms with E-state index in [-0.39, 0.29) is 5.91 Å². The molecule has 0 saturated carbocycles. The molecular formula is C45H55N3O5S. The van der Waals surface area contributed by atoms with Crippen molar-refractivity contribution in [3.05, 3.63) is 107 Å². The van der Waals surface area contributed by atoms with Gasteiger partial charge in [0.25, 0.3) is 5.91 Å². The Bertz CT molecular complexity index is 1840. The molecule has 1 fully saturated rings. The highest BCUT2D eigenvalue weighted by atomic mass is 32.2. The second kappa shape index (κ2) is 20.0. The summed E-state index contributed by atoms with van der Waals surface area (Å²) < 4.78 is 30.5. The van der Waals surface area contributed by atoms with Crippen molar-refractivity contribution in [1.29, 1.82) is 0 Å². The average Bonchev–Trinajstić information content (AvgIpc) is 3.19. The summed E-state index contributed by atoms with van der Waals surface area (Å²) in [6, 6.07) is 24.3. The van der Waals surface area contributed by atoms with Crippen LogP contribution in [0.4, 0.5) is 11.4 Å². The third kappa shape index (κ3) is 11.0. The van der Waals surface area contributed by atoms with Gasteiger partial charge >= 0.3 is 0 Å². The van der Waals surface area contributed by atoms with Crippen LogP contribution in [-0.4, -0.2) is 61.6 Å². The fourth-order valence-electron chi connectivity index (χ4n) is 7.13. The predicted molar refractivity (Wildman–Crippen MR) is 220 cm³/mol. The number of benzene rings is 3. The minimum atomic E-state index is -1.22. The van der Waals surface area contributed by atoms with Crippen molar-refractivity contribution in [2.24, 2.45) is 5.92 Å². The summed E-state index contributed by atoms with van der Waals surface area (Å²) in [5.74, 6) is 1.70.